The van der Waals surface area contributed by atoms with Crippen LogP contribution in [0.3, 0.4) is 0 Å². The molecule has 0 spiro atoms. The molecule has 0 aromatic heterocycles. The summed E-state index contributed by atoms with van der Waals surface area (Å²) in [6.07, 6.45) is 14.8. The Morgan fingerprint density at radius 1 is 0.510 bits per heavy atom. The fourth-order valence-corrected chi connectivity index (χ4v) is 9.97. The summed E-state index contributed by atoms with van der Waals surface area (Å²) in [6, 6.07) is 5.78. The molecule has 6 N–H and O–H groups in total. The molecule has 582 valence electrons. The summed E-state index contributed by atoms with van der Waals surface area (Å²) in [5.74, 6) is -1.35. The van der Waals surface area contributed by atoms with Crippen molar-refractivity contribution in [2.75, 3.05) is 102 Å². The number of sulfone groups is 1. The summed E-state index contributed by atoms with van der Waals surface area (Å²) in [5, 5.41) is 22.3. The molecule has 1 saturated heterocycles. The number of carbonyl (C=O) groups excluding carboxylic acids is 15. The first kappa shape index (κ1) is 98.9. The molecule has 1 heterocycles. The molecule has 1 aromatic carbocycles. The number of ketones is 3. The van der Waals surface area contributed by atoms with Crippen LogP contribution in [-0.4, -0.2) is 215 Å². The number of Topliss-reactive ketones (excluding diaryl/α,β-unsaturated/α-hetero) is 3. The van der Waals surface area contributed by atoms with E-state index >= 15 is 0 Å². The molecule has 0 saturated carbocycles. The molecule has 32 heteroatoms. The van der Waals surface area contributed by atoms with Gasteiger partial charge in [0.25, 0.3) is 5.91 Å². The third-order valence-corrected chi connectivity index (χ3v) is 16.9. The zero-order chi connectivity index (χ0) is 77.5. The molecule has 2 unspecified atom stereocenters. The number of thioether (sulfide) groups is 2. The second kappa shape index (κ2) is 64.5. The van der Waals surface area contributed by atoms with Crippen LogP contribution in [0.2, 0.25) is 0 Å². The van der Waals surface area contributed by atoms with Crippen LogP contribution >= 0.6 is 23.5 Å². The quantitative estimate of drug-likeness (QED) is 0.0182. The van der Waals surface area contributed by atoms with E-state index in [-0.39, 0.29) is 133 Å². The predicted octanol–water partition coefficient (Wildman–Crippen LogP) is 6.23. The number of amides is 7. The Bertz CT molecular complexity index is 2790. The van der Waals surface area contributed by atoms with E-state index in [9.17, 15) is 85.4 Å². The Morgan fingerprint density at radius 3 is 1.43 bits per heavy atom. The van der Waals surface area contributed by atoms with Crippen molar-refractivity contribution >= 4 is 122 Å². The number of carbonyl (C=O) groups is 15. The zero-order valence-corrected chi connectivity index (χ0v) is 64.2. The minimum absolute atomic E-state index is 0.00205. The van der Waals surface area contributed by atoms with Gasteiger partial charge in [0.05, 0.1) is 37.1 Å². The van der Waals surface area contributed by atoms with Crippen LogP contribution in [0, 0.1) is 5.92 Å². The third kappa shape index (κ3) is 59.2. The average molecular weight is 1510 g/mol. The largest absolute Gasteiger partial charge is 0.466 e. The highest BCUT2D eigenvalue weighted by molar-refractivity contribution is 7.98. The summed E-state index contributed by atoms with van der Waals surface area (Å²) >= 11 is 3.23. The monoisotopic (exact) mass is 1500 g/mol. The topological polar surface area (TPSA) is 420 Å². The van der Waals surface area contributed by atoms with Crippen molar-refractivity contribution in [1.82, 2.24) is 31.5 Å². The van der Waals surface area contributed by atoms with Gasteiger partial charge in [-0.1, -0.05) is 41.0 Å². The average Bonchev–Trinajstić information content (AvgIpc) is 1.25. The van der Waals surface area contributed by atoms with Crippen LogP contribution < -0.4 is 26.6 Å². The molecular formula is C70H116N6O23S3. The number of benzene rings is 1. The zero-order valence-electron chi connectivity index (χ0n) is 61.7. The van der Waals surface area contributed by atoms with E-state index in [1.165, 1.54) is 43.0 Å². The lowest BCUT2D eigenvalue weighted by atomic mass is 10.1. The molecule has 1 aliphatic rings. The third-order valence-electron chi connectivity index (χ3n) is 13.8. The van der Waals surface area contributed by atoms with Crippen molar-refractivity contribution in [2.24, 2.45) is 5.92 Å². The van der Waals surface area contributed by atoms with Gasteiger partial charge in [-0.3, -0.25) is 57.6 Å². The maximum Gasteiger partial charge on any atom is 0.334 e. The molecule has 29 nitrogen and oxygen atoms in total. The molecule has 1 fully saturated rings. The molecular weight excluding hydrogens is 1390 g/mol. The highest BCUT2D eigenvalue weighted by Gasteiger charge is 2.35. The Hall–Kier alpha value is -7.32. The highest BCUT2D eigenvalue weighted by Crippen LogP contribution is 2.19. The Balaban J connectivity index is -0.00000121. The van der Waals surface area contributed by atoms with E-state index in [0.717, 1.165) is 30.8 Å². The first-order chi connectivity index (χ1) is 48.4. The molecule has 2 atom stereocenters. The molecule has 1 aliphatic heterocycles. The minimum Gasteiger partial charge on any atom is -0.466 e. The van der Waals surface area contributed by atoms with Gasteiger partial charge < -0.3 is 69.8 Å². The van der Waals surface area contributed by atoms with Crippen molar-refractivity contribution in [2.45, 2.75) is 214 Å². The highest BCUT2D eigenvalue weighted by atomic mass is 32.2. The molecule has 0 radical (unpaired) electrons. The number of rotatable bonds is 50. The first-order valence-corrected chi connectivity index (χ1v) is 39.3. The van der Waals surface area contributed by atoms with Crippen molar-refractivity contribution in [3.8, 4) is 0 Å². The fraction of sp³-hybridized carbons (Fsp3) is 0.700. The summed E-state index contributed by atoms with van der Waals surface area (Å²) in [4.78, 5) is 170. The van der Waals surface area contributed by atoms with Crippen molar-refractivity contribution < 1.29 is 109 Å². The van der Waals surface area contributed by atoms with Gasteiger partial charge in [0.1, 0.15) is 37.0 Å². The van der Waals surface area contributed by atoms with E-state index in [1.807, 2.05) is 19.4 Å². The number of hydrogen-bond acceptors (Lipinski definition) is 25. The van der Waals surface area contributed by atoms with Gasteiger partial charge in [-0.15, -0.1) is 0 Å². The summed E-state index contributed by atoms with van der Waals surface area (Å²) in [5.41, 5.74) is 0.355. The number of esters is 5. The number of nitrogens with zero attached hydrogens (tertiary/aromatic N) is 1. The van der Waals surface area contributed by atoms with E-state index < -0.39 is 33.8 Å². The predicted molar refractivity (Wildman–Crippen MR) is 387 cm³/mol. The van der Waals surface area contributed by atoms with Crippen molar-refractivity contribution in [1.29, 1.82) is 0 Å². The van der Waals surface area contributed by atoms with Crippen LogP contribution in [0.25, 0.3) is 0 Å². The van der Waals surface area contributed by atoms with Gasteiger partial charge in [0, 0.05) is 113 Å². The number of unbranched alkanes of at least 4 members (excludes halogenated alkanes) is 3. The Morgan fingerprint density at radius 2 is 0.951 bits per heavy atom. The van der Waals surface area contributed by atoms with E-state index in [4.69, 9.17) is 23.7 Å². The standard InChI is InChI=1S/C17H25NO6S.C15H24N2O5.C14H25NO4S.C12H21NO4S.C12H21NO4/c1-3-12-25(22,23)14-8-6-13(7-9-14)16(20)18-10-5-11-24-17(21)15(19)4-2;1-3-4-6-12(18)16-10-14(20)22-8-5-7-17-13(19)9-11(2)15(17)21;1-12(16)6-3-4-7-14(18)19-10-5-9-15-13(17)8-11-20-2;1-10(14)5-3-4-6-11(15)13-9-12(16)17-7-8-18-2;1-3-11(15)13-8-5-9-17-12(16)7-4-6-10(2)14/h6-9,15,19H,3-5,10-12H2,1-2H3,(H,18,20);11H,3-10H2,1-2H3,(H,16,18);3-11H2,1-2H3,(H,15,17);3-9H2,1-2H3,(H,13,15);3-9H2,1-2H3,(H,13,15). The summed E-state index contributed by atoms with van der Waals surface area (Å²) < 4.78 is 48.5. The number of ether oxygens (including phenoxy) is 5. The molecule has 1 aromatic rings. The van der Waals surface area contributed by atoms with Crippen molar-refractivity contribution in [3.63, 3.8) is 0 Å². The number of nitrogens with one attached hydrogen (secondary N) is 5. The lowest BCUT2D eigenvalue weighted by Crippen LogP contribution is -2.33. The van der Waals surface area contributed by atoms with Gasteiger partial charge in [0.2, 0.25) is 35.4 Å². The van der Waals surface area contributed by atoms with Gasteiger partial charge in [-0.05, 0) is 135 Å². The molecule has 2 rings (SSSR count). The second-order valence-corrected chi connectivity index (χ2v) is 27.4. The first-order valence-electron chi connectivity index (χ1n) is 34.9. The molecule has 7 amide bonds. The maximum atomic E-state index is 12.0. The normalized spacial score (nSPS) is 12.2. The van der Waals surface area contributed by atoms with Crippen molar-refractivity contribution in [3.05, 3.63) is 29.8 Å². The maximum absolute atomic E-state index is 12.0. The van der Waals surface area contributed by atoms with Crippen LogP contribution in [0.5, 0.6) is 0 Å². The van der Waals surface area contributed by atoms with Crippen LogP contribution in [0.1, 0.15) is 213 Å². The molecule has 102 heavy (non-hydrogen) atoms. The number of aliphatic hydroxyl groups is 1. The van der Waals surface area contributed by atoms with Gasteiger partial charge in [0.15, 0.2) is 15.9 Å². The van der Waals surface area contributed by atoms with E-state index in [0.29, 0.717) is 161 Å². The number of imide groups is 1. The van der Waals surface area contributed by atoms with E-state index in [1.54, 1.807) is 58.1 Å². The van der Waals surface area contributed by atoms with Crippen LogP contribution in [-0.2, 0) is 101 Å². The number of aliphatic hydroxyl groups excluding tert-OH is 1. The Labute approximate surface area is 611 Å². The molecule has 0 aliphatic carbocycles. The van der Waals surface area contributed by atoms with Gasteiger partial charge in [-0.2, -0.15) is 23.5 Å². The smallest absolute Gasteiger partial charge is 0.334 e. The SMILES string of the molecule is CCC(=O)NCCCOC(=O)CCCC(C)=O.CCCCC(=O)NCC(=O)OCCCN1C(=O)CC(C)C1=O.CCCS(=O)(=O)c1ccc(C(=O)NCCCOC(=O)C(O)CC)cc1.CSCCC(=O)NCCCOC(=O)CCCCC(C)=O.CSCCOC(=O)CNC(=O)CCCCC(C)=O. The van der Waals surface area contributed by atoms with Gasteiger partial charge in [-0.25, -0.2) is 13.2 Å². The second-order valence-electron chi connectivity index (χ2n) is 23.3. The lowest BCUT2D eigenvalue weighted by molar-refractivity contribution is -0.154. The van der Waals surface area contributed by atoms with Crippen LogP contribution in [0.4, 0.5) is 0 Å². The summed E-state index contributed by atoms with van der Waals surface area (Å²) in [6.45, 7) is 16.1. The van der Waals surface area contributed by atoms with E-state index in [2.05, 4.69) is 26.6 Å². The minimum atomic E-state index is -3.30. The number of likely N-dealkylation sites (tertiary alicyclic amines) is 1. The fourth-order valence-electron chi connectivity index (χ4n) is 8.01. The summed E-state index contributed by atoms with van der Waals surface area (Å²) in [7, 11) is -3.30. The lowest BCUT2D eigenvalue weighted by Gasteiger charge is -2.14. The number of hydrogen-bond donors (Lipinski definition) is 6. The van der Waals surface area contributed by atoms with Crippen LogP contribution in [0.15, 0.2) is 29.2 Å². The Kier molecular flexibility index (Phi) is 62.5. The van der Waals surface area contributed by atoms with Gasteiger partial charge >= 0.3 is 29.8 Å². The molecule has 0 bridgehead atoms.